The van der Waals surface area contributed by atoms with E-state index in [4.69, 9.17) is 4.74 Å². The van der Waals surface area contributed by atoms with Crippen LogP contribution in [-0.4, -0.2) is 47.4 Å². The molecule has 0 saturated carbocycles. The molecule has 0 aromatic carbocycles. The van der Waals surface area contributed by atoms with Gasteiger partial charge in [-0.1, -0.05) is 373 Å². The quantitative estimate of drug-likeness (QED) is 0.0320. The molecular formula is C74H145NO5. The van der Waals surface area contributed by atoms with Crippen molar-refractivity contribution in [1.29, 1.82) is 0 Å². The fraction of sp³-hybridized carbons (Fsp3) is 0.946. The van der Waals surface area contributed by atoms with Gasteiger partial charge in [-0.05, 0) is 51.4 Å². The molecule has 476 valence electrons. The molecule has 0 aromatic heterocycles. The van der Waals surface area contributed by atoms with Gasteiger partial charge in [0.15, 0.2) is 0 Å². The highest BCUT2D eigenvalue weighted by Gasteiger charge is 2.20. The van der Waals surface area contributed by atoms with E-state index in [1.807, 2.05) is 0 Å². The zero-order chi connectivity index (χ0) is 57.8. The maximum atomic E-state index is 12.6. The van der Waals surface area contributed by atoms with Crippen molar-refractivity contribution < 1.29 is 24.5 Å². The molecule has 0 spiro atoms. The highest BCUT2D eigenvalue weighted by Crippen LogP contribution is 2.20. The Balaban J connectivity index is 3.34. The summed E-state index contributed by atoms with van der Waals surface area (Å²) in [6, 6.07) is -0.539. The number of hydrogen-bond donors (Lipinski definition) is 3. The Labute approximate surface area is 501 Å². The number of nitrogens with one attached hydrogen (secondary N) is 1. The van der Waals surface area contributed by atoms with Crippen molar-refractivity contribution in [1.82, 2.24) is 5.32 Å². The summed E-state index contributed by atoms with van der Waals surface area (Å²) in [5, 5.41) is 23.4. The number of amides is 1. The highest BCUT2D eigenvalue weighted by molar-refractivity contribution is 5.76. The first-order chi connectivity index (χ1) is 39.5. The summed E-state index contributed by atoms with van der Waals surface area (Å²) >= 11 is 0. The first-order valence-electron chi connectivity index (χ1n) is 36.9. The van der Waals surface area contributed by atoms with Crippen LogP contribution in [0.25, 0.3) is 0 Å². The molecule has 0 bridgehead atoms. The molecule has 0 aliphatic carbocycles. The van der Waals surface area contributed by atoms with Crippen LogP contribution in [0.1, 0.15) is 425 Å². The molecule has 3 N–H and O–H groups in total. The van der Waals surface area contributed by atoms with Gasteiger partial charge in [-0.15, -0.1) is 0 Å². The number of carbonyl (C=O) groups is 2. The van der Waals surface area contributed by atoms with Crippen molar-refractivity contribution in [3.63, 3.8) is 0 Å². The number of rotatable bonds is 70. The summed E-state index contributed by atoms with van der Waals surface area (Å²) in [4.78, 5) is 24.6. The lowest BCUT2D eigenvalue weighted by Gasteiger charge is -2.22. The minimum atomic E-state index is -0.662. The lowest BCUT2D eigenvalue weighted by atomic mass is 10.0. The predicted octanol–water partition coefficient (Wildman–Crippen LogP) is 23.9. The predicted molar refractivity (Wildman–Crippen MR) is 352 cm³/mol. The van der Waals surface area contributed by atoms with Gasteiger partial charge in [0.05, 0.1) is 25.4 Å². The minimum absolute atomic E-state index is 0.0112. The smallest absolute Gasteiger partial charge is 0.305 e. The first kappa shape index (κ1) is 78.6. The number of ether oxygens (including phenoxy) is 1. The van der Waals surface area contributed by atoms with Crippen molar-refractivity contribution in [2.75, 3.05) is 13.2 Å². The molecule has 0 radical (unpaired) electrons. The lowest BCUT2D eigenvalue weighted by molar-refractivity contribution is -0.143. The molecule has 6 nitrogen and oxygen atoms in total. The topological polar surface area (TPSA) is 95.9 Å². The van der Waals surface area contributed by atoms with Gasteiger partial charge in [-0.3, -0.25) is 9.59 Å². The zero-order valence-electron chi connectivity index (χ0n) is 54.6. The van der Waals surface area contributed by atoms with Crippen LogP contribution in [-0.2, 0) is 14.3 Å². The molecule has 0 rings (SSSR count). The van der Waals surface area contributed by atoms with Gasteiger partial charge in [-0.2, -0.15) is 0 Å². The van der Waals surface area contributed by atoms with Gasteiger partial charge in [-0.25, -0.2) is 0 Å². The van der Waals surface area contributed by atoms with Crippen molar-refractivity contribution in [3.05, 3.63) is 12.2 Å². The summed E-state index contributed by atoms with van der Waals surface area (Å²) in [7, 11) is 0. The molecule has 0 fully saturated rings. The fourth-order valence-corrected chi connectivity index (χ4v) is 11.9. The van der Waals surface area contributed by atoms with Crippen LogP contribution in [0.4, 0.5) is 0 Å². The number of aliphatic hydroxyl groups excluding tert-OH is 2. The Morgan fingerprint density at radius 3 is 0.900 bits per heavy atom. The molecular weight excluding hydrogens is 983 g/mol. The van der Waals surface area contributed by atoms with Gasteiger partial charge >= 0.3 is 5.97 Å². The third-order valence-corrected chi connectivity index (χ3v) is 17.6. The van der Waals surface area contributed by atoms with Gasteiger partial charge in [0.1, 0.15) is 0 Å². The van der Waals surface area contributed by atoms with E-state index in [2.05, 4.69) is 31.3 Å². The Hall–Kier alpha value is -1.40. The third kappa shape index (κ3) is 65.7. The highest BCUT2D eigenvalue weighted by atomic mass is 16.5. The molecule has 0 aromatic rings. The van der Waals surface area contributed by atoms with Crippen LogP contribution in [0.5, 0.6) is 0 Å². The number of esters is 1. The first-order valence-corrected chi connectivity index (χ1v) is 36.9. The van der Waals surface area contributed by atoms with E-state index < -0.39 is 12.1 Å². The van der Waals surface area contributed by atoms with Crippen molar-refractivity contribution >= 4 is 11.9 Å². The van der Waals surface area contributed by atoms with Gasteiger partial charge in [0, 0.05) is 12.8 Å². The Bertz CT molecular complexity index is 1210. The molecule has 0 heterocycles. The Morgan fingerprint density at radius 2 is 0.588 bits per heavy atom. The van der Waals surface area contributed by atoms with E-state index in [9.17, 15) is 19.8 Å². The van der Waals surface area contributed by atoms with Crippen LogP contribution < -0.4 is 5.32 Å². The molecule has 0 saturated heterocycles. The van der Waals surface area contributed by atoms with Gasteiger partial charge in [0.25, 0.3) is 0 Å². The molecule has 6 heteroatoms. The molecule has 0 aliphatic rings. The largest absolute Gasteiger partial charge is 0.466 e. The van der Waals surface area contributed by atoms with Gasteiger partial charge in [0.2, 0.25) is 5.91 Å². The third-order valence-electron chi connectivity index (χ3n) is 17.6. The molecule has 80 heavy (non-hydrogen) atoms. The molecule has 2 unspecified atom stereocenters. The number of unbranched alkanes of at least 4 members (excludes halogenated alkanes) is 57. The maximum absolute atomic E-state index is 12.6. The minimum Gasteiger partial charge on any atom is -0.466 e. The number of allylic oxidation sites excluding steroid dienone is 2. The molecule has 0 aliphatic heterocycles. The summed E-state index contributed by atoms with van der Waals surface area (Å²) in [5.41, 5.74) is 0. The average molecular weight is 1130 g/mol. The van der Waals surface area contributed by atoms with E-state index in [-0.39, 0.29) is 18.5 Å². The average Bonchev–Trinajstić information content (AvgIpc) is 3.46. The summed E-state index contributed by atoms with van der Waals surface area (Å²) in [6.07, 6.45) is 87.0. The van der Waals surface area contributed by atoms with Crippen LogP contribution in [0.15, 0.2) is 12.2 Å². The maximum Gasteiger partial charge on any atom is 0.305 e. The molecule has 1 amide bonds. The SMILES string of the molecule is CCCCCC/C=C\CCCCCCCC(=O)OCCCCCCCCCCCCCCCCCCCCCCCCCCCCCCCC(=O)NC(CO)C(O)CCCCCCCCCCCCCCCCCCCCCCC. The van der Waals surface area contributed by atoms with Crippen molar-refractivity contribution in [2.45, 2.75) is 437 Å². The van der Waals surface area contributed by atoms with Crippen molar-refractivity contribution in [2.24, 2.45) is 0 Å². The van der Waals surface area contributed by atoms with Crippen LogP contribution in [0, 0.1) is 0 Å². The van der Waals surface area contributed by atoms with E-state index in [0.29, 0.717) is 25.9 Å². The number of carbonyl (C=O) groups excluding carboxylic acids is 2. The normalized spacial score (nSPS) is 12.5. The standard InChI is InChI=1S/C74H145NO5/c1-3-5-7-9-11-13-15-17-18-19-20-30-33-36-39-43-46-50-54-58-62-66-72(77)71(70-76)75-73(78)67-63-59-55-51-47-44-40-37-34-31-28-26-24-22-21-23-25-27-29-32-35-38-41-45-49-53-57-61-65-69-80-74(79)68-64-60-56-52-48-42-16-14-12-10-8-6-4-2/h14,16,71-72,76-77H,3-13,15,17-70H2,1-2H3,(H,75,78)/b16-14-. The Kier molecular flexibility index (Phi) is 68.9. The molecule has 2 atom stereocenters. The van der Waals surface area contributed by atoms with E-state index >= 15 is 0 Å². The summed E-state index contributed by atoms with van der Waals surface area (Å²) in [6.45, 7) is 4.98. The number of hydrogen-bond acceptors (Lipinski definition) is 5. The lowest BCUT2D eigenvalue weighted by Crippen LogP contribution is -2.45. The van der Waals surface area contributed by atoms with E-state index in [1.165, 1.54) is 347 Å². The van der Waals surface area contributed by atoms with E-state index in [0.717, 1.165) is 44.9 Å². The van der Waals surface area contributed by atoms with Crippen LogP contribution in [0.2, 0.25) is 0 Å². The second-order valence-electron chi connectivity index (χ2n) is 25.6. The zero-order valence-corrected chi connectivity index (χ0v) is 54.6. The Morgan fingerprint density at radius 1 is 0.338 bits per heavy atom. The van der Waals surface area contributed by atoms with Gasteiger partial charge < -0.3 is 20.3 Å². The van der Waals surface area contributed by atoms with Crippen molar-refractivity contribution in [3.8, 4) is 0 Å². The van der Waals surface area contributed by atoms with E-state index in [1.54, 1.807) is 0 Å². The summed E-state index contributed by atoms with van der Waals surface area (Å²) < 4.78 is 5.48. The monoisotopic (exact) mass is 1130 g/mol. The van der Waals surface area contributed by atoms with Crippen LogP contribution in [0.3, 0.4) is 0 Å². The van der Waals surface area contributed by atoms with Crippen LogP contribution >= 0.6 is 0 Å². The second kappa shape index (κ2) is 70.1. The summed E-state index contributed by atoms with van der Waals surface area (Å²) in [5.74, 6) is -0.0150. The second-order valence-corrected chi connectivity index (χ2v) is 25.6. The fourth-order valence-electron chi connectivity index (χ4n) is 11.9. The number of aliphatic hydroxyl groups is 2.